The number of ether oxygens (including phenoxy) is 1. The number of hydrogen-bond donors (Lipinski definition) is 2. The summed E-state index contributed by atoms with van der Waals surface area (Å²) in [5.74, 6) is 2.15. The van der Waals surface area contributed by atoms with Crippen LogP contribution in [-0.2, 0) is 6.54 Å². The standard InChI is InChI=1S/C18H23Cl2N5O.HI/c1-21-18(22-11-16-2-5-23-24-16)25-6-3-13(4-7-25)12-26-17-9-14(19)8-15(20)10-17;/h2,5,8-10,13H,3-4,6-7,11-12H2,1H3,(H,21,22)(H,23,24);1H. The van der Waals surface area contributed by atoms with Crippen molar-refractivity contribution in [3.05, 3.63) is 46.2 Å². The van der Waals surface area contributed by atoms with Gasteiger partial charge < -0.3 is 15.0 Å². The minimum Gasteiger partial charge on any atom is -0.493 e. The minimum absolute atomic E-state index is 0. The topological polar surface area (TPSA) is 65.5 Å². The summed E-state index contributed by atoms with van der Waals surface area (Å²) in [5.41, 5.74) is 1.04. The third-order valence-corrected chi connectivity index (χ3v) is 4.88. The zero-order valence-corrected chi connectivity index (χ0v) is 19.0. The molecule has 27 heavy (non-hydrogen) atoms. The number of rotatable bonds is 5. The lowest BCUT2D eigenvalue weighted by Crippen LogP contribution is -2.46. The molecule has 3 rings (SSSR count). The maximum absolute atomic E-state index is 6.01. The first-order valence-corrected chi connectivity index (χ1v) is 9.42. The van der Waals surface area contributed by atoms with Crippen LogP contribution >= 0.6 is 47.2 Å². The molecule has 2 heterocycles. The Labute approximate surface area is 186 Å². The molecule has 1 fully saturated rings. The fourth-order valence-electron chi connectivity index (χ4n) is 3.03. The van der Waals surface area contributed by atoms with Crippen LogP contribution in [0.4, 0.5) is 0 Å². The molecule has 9 heteroatoms. The van der Waals surface area contributed by atoms with Gasteiger partial charge in [0, 0.05) is 36.4 Å². The van der Waals surface area contributed by atoms with E-state index in [-0.39, 0.29) is 24.0 Å². The average molecular weight is 524 g/mol. The second-order valence-electron chi connectivity index (χ2n) is 6.33. The minimum atomic E-state index is 0. The molecule has 1 aliphatic rings. The number of nitrogens with one attached hydrogen (secondary N) is 2. The third-order valence-electron chi connectivity index (χ3n) is 4.44. The van der Waals surface area contributed by atoms with Gasteiger partial charge in [0.15, 0.2) is 5.96 Å². The number of halogens is 3. The Morgan fingerprint density at radius 2 is 2.00 bits per heavy atom. The van der Waals surface area contributed by atoms with Crippen molar-refractivity contribution in [1.82, 2.24) is 20.4 Å². The van der Waals surface area contributed by atoms with Crippen LogP contribution < -0.4 is 10.1 Å². The van der Waals surface area contributed by atoms with E-state index in [0.717, 1.165) is 43.3 Å². The van der Waals surface area contributed by atoms with E-state index < -0.39 is 0 Å². The van der Waals surface area contributed by atoms with Gasteiger partial charge in [-0.2, -0.15) is 5.10 Å². The van der Waals surface area contributed by atoms with Crippen LogP contribution in [0.2, 0.25) is 10.0 Å². The van der Waals surface area contributed by atoms with Crippen LogP contribution in [0, 0.1) is 5.92 Å². The zero-order valence-electron chi connectivity index (χ0n) is 15.1. The molecule has 1 aliphatic heterocycles. The number of benzene rings is 1. The largest absolute Gasteiger partial charge is 0.493 e. The van der Waals surface area contributed by atoms with Gasteiger partial charge in [0.1, 0.15) is 5.75 Å². The second-order valence-corrected chi connectivity index (χ2v) is 7.20. The number of aromatic nitrogens is 2. The normalized spacial score (nSPS) is 15.4. The van der Waals surface area contributed by atoms with Gasteiger partial charge in [0.25, 0.3) is 0 Å². The number of hydrogen-bond acceptors (Lipinski definition) is 3. The van der Waals surface area contributed by atoms with Gasteiger partial charge in [-0.1, -0.05) is 23.2 Å². The molecule has 0 spiro atoms. The van der Waals surface area contributed by atoms with Crippen molar-refractivity contribution in [2.24, 2.45) is 10.9 Å². The molecule has 1 aromatic heterocycles. The van der Waals surface area contributed by atoms with Crippen LogP contribution in [0.1, 0.15) is 18.5 Å². The summed E-state index contributed by atoms with van der Waals surface area (Å²) in [6.07, 6.45) is 3.86. The van der Waals surface area contributed by atoms with Crippen LogP contribution in [0.3, 0.4) is 0 Å². The maximum atomic E-state index is 6.01. The average Bonchev–Trinajstić information content (AvgIpc) is 3.14. The molecule has 6 nitrogen and oxygen atoms in total. The van der Waals surface area contributed by atoms with E-state index in [2.05, 4.69) is 25.4 Å². The van der Waals surface area contributed by atoms with Crippen molar-refractivity contribution >= 4 is 53.1 Å². The highest BCUT2D eigenvalue weighted by Crippen LogP contribution is 2.26. The first kappa shape index (κ1) is 22.1. The van der Waals surface area contributed by atoms with Crippen LogP contribution in [0.5, 0.6) is 5.75 Å². The Hall–Kier alpha value is -1.19. The molecule has 0 amide bonds. The highest BCUT2D eigenvalue weighted by molar-refractivity contribution is 14.0. The van der Waals surface area contributed by atoms with E-state index in [0.29, 0.717) is 29.1 Å². The Morgan fingerprint density at radius 1 is 1.30 bits per heavy atom. The molecular formula is C18H24Cl2IN5O. The van der Waals surface area contributed by atoms with E-state index in [1.54, 1.807) is 24.4 Å². The highest BCUT2D eigenvalue weighted by atomic mass is 127. The zero-order chi connectivity index (χ0) is 18.4. The van der Waals surface area contributed by atoms with Crippen molar-refractivity contribution in [2.45, 2.75) is 19.4 Å². The lowest BCUT2D eigenvalue weighted by atomic mass is 9.98. The Morgan fingerprint density at radius 3 is 2.59 bits per heavy atom. The number of likely N-dealkylation sites (tertiary alicyclic amines) is 1. The van der Waals surface area contributed by atoms with Crippen molar-refractivity contribution in [1.29, 1.82) is 0 Å². The summed E-state index contributed by atoms with van der Waals surface area (Å²) in [6.45, 7) is 3.26. The molecule has 2 N–H and O–H groups in total. The molecule has 0 saturated carbocycles. The number of nitrogens with zero attached hydrogens (tertiary/aromatic N) is 3. The molecule has 2 aromatic rings. The van der Waals surface area contributed by atoms with E-state index in [1.807, 2.05) is 13.1 Å². The van der Waals surface area contributed by atoms with E-state index in [4.69, 9.17) is 27.9 Å². The number of H-pyrrole nitrogens is 1. The van der Waals surface area contributed by atoms with Gasteiger partial charge in [0.2, 0.25) is 0 Å². The summed E-state index contributed by atoms with van der Waals surface area (Å²) in [5, 5.41) is 11.5. The second kappa shape index (κ2) is 11.0. The lowest BCUT2D eigenvalue weighted by Gasteiger charge is -2.34. The van der Waals surface area contributed by atoms with Crippen molar-refractivity contribution in [2.75, 3.05) is 26.7 Å². The van der Waals surface area contributed by atoms with Gasteiger partial charge in [-0.25, -0.2) is 0 Å². The van der Waals surface area contributed by atoms with Crippen molar-refractivity contribution < 1.29 is 4.74 Å². The molecule has 1 aromatic carbocycles. The third kappa shape index (κ3) is 6.73. The predicted octanol–water partition coefficient (Wildman–Crippen LogP) is 4.20. The molecule has 0 bridgehead atoms. The molecule has 0 aliphatic carbocycles. The Balaban J connectivity index is 0.00000261. The first-order chi connectivity index (χ1) is 12.6. The molecule has 1 saturated heterocycles. The lowest BCUT2D eigenvalue weighted by molar-refractivity contribution is 0.179. The molecule has 0 unspecified atom stereocenters. The van der Waals surface area contributed by atoms with Gasteiger partial charge in [-0.05, 0) is 43.0 Å². The van der Waals surface area contributed by atoms with Gasteiger partial charge in [-0.15, -0.1) is 24.0 Å². The quantitative estimate of drug-likeness (QED) is 0.350. The SMILES string of the molecule is CN=C(NCc1ccn[nH]1)N1CCC(COc2cc(Cl)cc(Cl)c2)CC1.I. The summed E-state index contributed by atoms with van der Waals surface area (Å²) >= 11 is 12.0. The highest BCUT2D eigenvalue weighted by Gasteiger charge is 2.22. The van der Waals surface area contributed by atoms with Crippen molar-refractivity contribution in [3.63, 3.8) is 0 Å². The number of aromatic amines is 1. The molecular weight excluding hydrogens is 500 g/mol. The monoisotopic (exact) mass is 523 g/mol. The van der Waals surface area contributed by atoms with Gasteiger partial charge in [-0.3, -0.25) is 10.1 Å². The smallest absolute Gasteiger partial charge is 0.193 e. The fraction of sp³-hybridized carbons (Fsp3) is 0.444. The predicted molar refractivity (Wildman–Crippen MR) is 120 cm³/mol. The van der Waals surface area contributed by atoms with E-state index in [1.165, 1.54) is 0 Å². The van der Waals surface area contributed by atoms with Crippen LogP contribution in [0.25, 0.3) is 0 Å². The Kier molecular flexibility index (Phi) is 8.98. The van der Waals surface area contributed by atoms with Crippen LogP contribution in [0.15, 0.2) is 35.5 Å². The summed E-state index contributed by atoms with van der Waals surface area (Å²) < 4.78 is 5.88. The number of aliphatic imine (C=N–C) groups is 1. The summed E-state index contributed by atoms with van der Waals surface area (Å²) in [4.78, 5) is 6.67. The fourth-order valence-corrected chi connectivity index (χ4v) is 3.53. The summed E-state index contributed by atoms with van der Waals surface area (Å²) in [7, 11) is 1.81. The van der Waals surface area contributed by atoms with Crippen LogP contribution in [-0.4, -0.2) is 47.8 Å². The maximum Gasteiger partial charge on any atom is 0.193 e. The van der Waals surface area contributed by atoms with Gasteiger partial charge >= 0.3 is 0 Å². The van der Waals surface area contributed by atoms with E-state index >= 15 is 0 Å². The Bertz CT molecular complexity index is 713. The number of guanidine groups is 1. The number of piperidine rings is 1. The van der Waals surface area contributed by atoms with Gasteiger partial charge in [0.05, 0.1) is 18.8 Å². The van der Waals surface area contributed by atoms with Crippen molar-refractivity contribution in [3.8, 4) is 5.75 Å². The van der Waals surface area contributed by atoms with E-state index in [9.17, 15) is 0 Å². The summed E-state index contributed by atoms with van der Waals surface area (Å²) in [6, 6.07) is 7.25. The molecule has 0 atom stereocenters. The first-order valence-electron chi connectivity index (χ1n) is 8.67. The molecule has 148 valence electrons. The molecule has 0 radical (unpaired) electrons.